The average molecular weight is 260 g/mol. The summed E-state index contributed by atoms with van der Waals surface area (Å²) in [6.07, 6.45) is 0.674. The van der Waals surface area contributed by atoms with Gasteiger partial charge in [0, 0.05) is 17.8 Å². The van der Waals surface area contributed by atoms with Crippen molar-refractivity contribution < 1.29 is 18.3 Å². The molecule has 0 aliphatic rings. The summed E-state index contributed by atoms with van der Waals surface area (Å²) in [5.41, 5.74) is 0.487. The van der Waals surface area contributed by atoms with Crippen molar-refractivity contribution in [3.63, 3.8) is 0 Å². The van der Waals surface area contributed by atoms with E-state index in [4.69, 9.17) is 5.11 Å². The number of aromatic amines is 1. The van der Waals surface area contributed by atoms with Crippen molar-refractivity contribution in [1.29, 1.82) is 0 Å². The van der Waals surface area contributed by atoms with Crippen LogP contribution in [0.3, 0.4) is 0 Å². The lowest BCUT2D eigenvalue weighted by molar-refractivity contribution is 0.0690. The second kappa shape index (κ2) is 4.89. The topological polar surface area (TPSA) is 99.3 Å². The Balaban J connectivity index is 3.28. The highest BCUT2D eigenvalue weighted by atomic mass is 32.2. The van der Waals surface area contributed by atoms with Crippen molar-refractivity contribution in [2.45, 2.75) is 32.1 Å². The molecule has 6 nitrogen and oxygen atoms in total. The van der Waals surface area contributed by atoms with E-state index < -0.39 is 16.0 Å². The lowest BCUT2D eigenvalue weighted by atomic mass is 10.2. The third-order valence-corrected chi connectivity index (χ3v) is 4.13. The summed E-state index contributed by atoms with van der Waals surface area (Å²) in [6, 6.07) is 0. The average Bonchev–Trinajstić information content (AvgIpc) is 2.52. The maximum absolute atomic E-state index is 11.9. The van der Waals surface area contributed by atoms with E-state index in [2.05, 4.69) is 9.71 Å². The lowest BCUT2D eigenvalue weighted by Crippen LogP contribution is -2.25. The van der Waals surface area contributed by atoms with E-state index >= 15 is 0 Å². The number of H-pyrrole nitrogens is 1. The zero-order valence-corrected chi connectivity index (χ0v) is 10.8. The van der Waals surface area contributed by atoms with Crippen LogP contribution in [0.5, 0.6) is 0 Å². The summed E-state index contributed by atoms with van der Waals surface area (Å²) in [4.78, 5) is 13.5. The van der Waals surface area contributed by atoms with Gasteiger partial charge in [-0.1, -0.05) is 6.92 Å². The smallest absolute Gasteiger partial charge is 0.352 e. The van der Waals surface area contributed by atoms with Crippen LogP contribution in [0.15, 0.2) is 4.90 Å². The van der Waals surface area contributed by atoms with Crippen molar-refractivity contribution in [3.8, 4) is 0 Å². The summed E-state index contributed by atoms with van der Waals surface area (Å²) in [5.74, 6) is -1.16. The molecule has 3 N–H and O–H groups in total. The third-order valence-electron chi connectivity index (χ3n) is 2.39. The van der Waals surface area contributed by atoms with Gasteiger partial charge in [0.15, 0.2) is 0 Å². The Morgan fingerprint density at radius 3 is 2.41 bits per heavy atom. The number of carboxylic acids is 1. The molecule has 0 amide bonds. The molecule has 0 spiro atoms. The molecular weight excluding hydrogens is 244 g/mol. The number of rotatable bonds is 5. The van der Waals surface area contributed by atoms with Gasteiger partial charge in [-0.05, 0) is 20.3 Å². The summed E-state index contributed by atoms with van der Waals surface area (Å²) in [7, 11) is -3.64. The Labute approximate surface area is 100 Å². The van der Waals surface area contributed by atoms with Gasteiger partial charge >= 0.3 is 5.97 Å². The molecule has 96 valence electrons. The maximum atomic E-state index is 11.9. The predicted octanol–water partition coefficient (Wildman–Crippen LogP) is 1.02. The van der Waals surface area contributed by atoms with Gasteiger partial charge in [0.05, 0.1) is 0 Å². The predicted molar refractivity (Wildman–Crippen MR) is 62.7 cm³/mol. The Morgan fingerprint density at radius 1 is 1.41 bits per heavy atom. The number of aromatic carboxylic acids is 1. The van der Waals surface area contributed by atoms with Crippen molar-refractivity contribution in [1.82, 2.24) is 9.71 Å². The minimum Gasteiger partial charge on any atom is -0.477 e. The Bertz CT molecular complexity index is 531. The third kappa shape index (κ3) is 2.67. The number of sulfonamides is 1. The molecule has 1 aromatic rings. The van der Waals surface area contributed by atoms with Gasteiger partial charge < -0.3 is 10.1 Å². The van der Waals surface area contributed by atoms with Crippen molar-refractivity contribution in [3.05, 3.63) is 17.0 Å². The van der Waals surface area contributed by atoms with Gasteiger partial charge in [-0.25, -0.2) is 17.9 Å². The van der Waals surface area contributed by atoms with Crippen LogP contribution >= 0.6 is 0 Å². The fourth-order valence-electron chi connectivity index (χ4n) is 1.66. The highest BCUT2D eigenvalue weighted by Crippen LogP contribution is 2.22. The fourth-order valence-corrected chi connectivity index (χ4v) is 3.23. The monoisotopic (exact) mass is 260 g/mol. The first-order valence-electron chi connectivity index (χ1n) is 5.23. The number of nitrogens with one attached hydrogen (secondary N) is 2. The highest BCUT2D eigenvalue weighted by molar-refractivity contribution is 7.89. The van der Waals surface area contributed by atoms with Gasteiger partial charge in [-0.2, -0.15) is 0 Å². The minimum atomic E-state index is -3.64. The normalized spacial score (nSPS) is 11.7. The Morgan fingerprint density at radius 2 is 2.00 bits per heavy atom. The Kier molecular flexibility index (Phi) is 3.94. The van der Waals surface area contributed by atoms with E-state index in [1.54, 1.807) is 6.92 Å². The quantitative estimate of drug-likeness (QED) is 0.736. The zero-order valence-electron chi connectivity index (χ0n) is 9.99. The van der Waals surface area contributed by atoms with E-state index in [-0.39, 0.29) is 16.2 Å². The molecular formula is C10H16N2O4S. The zero-order chi connectivity index (χ0) is 13.2. The molecule has 17 heavy (non-hydrogen) atoms. The maximum Gasteiger partial charge on any atom is 0.352 e. The number of hydrogen-bond donors (Lipinski definition) is 3. The second-order valence-corrected chi connectivity index (χ2v) is 5.49. The molecule has 0 fully saturated rings. The standard InChI is InChI=1S/C10H16N2O4S/c1-4-5-11-17(15,16)9-6(2)8(10(13)14)12-7(9)3/h11-12H,4-5H2,1-3H3,(H,13,14). The molecule has 0 unspecified atom stereocenters. The van der Waals surface area contributed by atoms with Crippen LogP contribution in [0.2, 0.25) is 0 Å². The summed E-state index contributed by atoms with van der Waals surface area (Å²) < 4.78 is 26.3. The van der Waals surface area contributed by atoms with E-state index in [0.29, 0.717) is 18.7 Å². The second-order valence-electron chi connectivity index (χ2n) is 3.78. The van der Waals surface area contributed by atoms with Gasteiger partial charge in [0.2, 0.25) is 10.0 Å². The van der Waals surface area contributed by atoms with Crippen LogP contribution in [0.1, 0.15) is 35.1 Å². The SMILES string of the molecule is CCCNS(=O)(=O)c1c(C)[nH]c(C(=O)O)c1C. The summed E-state index contributed by atoms with van der Waals surface area (Å²) >= 11 is 0. The van der Waals surface area contributed by atoms with Gasteiger partial charge in [-0.3, -0.25) is 0 Å². The summed E-state index contributed by atoms with van der Waals surface area (Å²) in [6.45, 7) is 5.20. The van der Waals surface area contributed by atoms with Crippen LogP contribution in [-0.4, -0.2) is 31.0 Å². The molecule has 0 saturated carbocycles. The Hall–Kier alpha value is -1.34. The molecule has 0 atom stereocenters. The van der Waals surface area contributed by atoms with Gasteiger partial charge in [0.25, 0.3) is 0 Å². The summed E-state index contributed by atoms with van der Waals surface area (Å²) in [5, 5.41) is 8.90. The first-order valence-corrected chi connectivity index (χ1v) is 6.71. The fraction of sp³-hybridized carbons (Fsp3) is 0.500. The molecule has 0 saturated heterocycles. The van der Waals surface area contributed by atoms with Crippen LogP contribution < -0.4 is 4.72 Å². The van der Waals surface area contributed by atoms with Crippen LogP contribution in [0, 0.1) is 13.8 Å². The first-order chi connectivity index (χ1) is 7.81. The van der Waals surface area contributed by atoms with Crippen LogP contribution in [-0.2, 0) is 10.0 Å². The lowest BCUT2D eigenvalue weighted by Gasteiger charge is -2.06. The number of carboxylic acid groups (broad SMARTS) is 1. The highest BCUT2D eigenvalue weighted by Gasteiger charge is 2.25. The number of hydrogen-bond acceptors (Lipinski definition) is 3. The van der Waals surface area contributed by atoms with Crippen LogP contribution in [0.4, 0.5) is 0 Å². The van der Waals surface area contributed by atoms with Crippen molar-refractivity contribution in [2.24, 2.45) is 0 Å². The van der Waals surface area contributed by atoms with Crippen molar-refractivity contribution >= 4 is 16.0 Å². The van der Waals surface area contributed by atoms with E-state index in [0.717, 1.165) is 0 Å². The molecule has 1 heterocycles. The van der Waals surface area contributed by atoms with Gasteiger partial charge in [-0.15, -0.1) is 0 Å². The molecule has 0 aromatic carbocycles. The molecule has 0 aliphatic carbocycles. The molecule has 0 aliphatic heterocycles. The molecule has 1 rings (SSSR count). The van der Waals surface area contributed by atoms with Gasteiger partial charge in [0.1, 0.15) is 10.6 Å². The van der Waals surface area contributed by atoms with E-state index in [1.807, 2.05) is 6.92 Å². The van der Waals surface area contributed by atoms with E-state index in [1.165, 1.54) is 6.92 Å². The van der Waals surface area contributed by atoms with Crippen molar-refractivity contribution in [2.75, 3.05) is 6.54 Å². The van der Waals surface area contributed by atoms with E-state index in [9.17, 15) is 13.2 Å². The number of aromatic nitrogens is 1. The molecule has 0 bridgehead atoms. The largest absolute Gasteiger partial charge is 0.477 e. The van der Waals surface area contributed by atoms with Crippen LogP contribution in [0.25, 0.3) is 0 Å². The minimum absolute atomic E-state index is 0.0309. The number of carbonyl (C=O) groups is 1. The number of aryl methyl sites for hydroxylation is 1. The first kappa shape index (κ1) is 13.7. The molecule has 0 radical (unpaired) electrons. The molecule has 1 aromatic heterocycles. The molecule has 7 heteroatoms.